The molecule has 4 heteroatoms. The first-order valence-electron chi connectivity index (χ1n) is 7.73. The molecule has 1 unspecified atom stereocenters. The van der Waals surface area contributed by atoms with Crippen molar-refractivity contribution in [2.75, 3.05) is 13.2 Å². The molecule has 1 N–H and O–H groups in total. The Kier molecular flexibility index (Phi) is 6.28. The molecule has 0 saturated heterocycles. The van der Waals surface area contributed by atoms with Crippen LogP contribution in [-0.4, -0.2) is 22.9 Å². The van der Waals surface area contributed by atoms with Gasteiger partial charge in [-0.3, -0.25) is 4.68 Å². The number of aromatic nitrogens is 2. The smallest absolute Gasteiger partial charge is 0.119 e. The minimum atomic E-state index is 0.350. The molecule has 0 bridgehead atoms. The van der Waals surface area contributed by atoms with Crippen LogP contribution in [-0.2, 0) is 6.54 Å². The Bertz CT molecular complexity index is 493. The fraction of sp³-hybridized carbons (Fsp3) is 0.471. The Morgan fingerprint density at radius 3 is 2.76 bits per heavy atom. The zero-order chi connectivity index (χ0) is 14.9. The predicted octanol–water partition coefficient (Wildman–Crippen LogP) is 3.41. The Morgan fingerprint density at radius 1 is 1.29 bits per heavy atom. The number of rotatable bonds is 9. The molecule has 0 aliphatic heterocycles. The van der Waals surface area contributed by atoms with Crippen molar-refractivity contribution >= 4 is 0 Å². The first-order chi connectivity index (χ1) is 10.3. The zero-order valence-corrected chi connectivity index (χ0v) is 13.0. The van der Waals surface area contributed by atoms with Gasteiger partial charge in [0.25, 0.3) is 0 Å². The monoisotopic (exact) mass is 287 g/mol. The van der Waals surface area contributed by atoms with Crippen LogP contribution in [0.2, 0.25) is 0 Å². The van der Waals surface area contributed by atoms with Crippen LogP contribution in [0.4, 0.5) is 0 Å². The van der Waals surface area contributed by atoms with Gasteiger partial charge in [0.15, 0.2) is 0 Å². The van der Waals surface area contributed by atoms with E-state index in [-0.39, 0.29) is 0 Å². The molecule has 2 aromatic rings. The number of nitrogens with zero attached hydrogens (tertiary/aromatic N) is 2. The lowest BCUT2D eigenvalue weighted by Gasteiger charge is -2.15. The second kappa shape index (κ2) is 8.47. The standard InChI is InChI=1S/C17H25N3O/c1-3-14-21-17-8-6-16(7-9-17)15(2)18-10-4-12-20-13-5-11-19-20/h5-9,11,13,15,18H,3-4,10,12,14H2,1-2H3. The van der Waals surface area contributed by atoms with Crippen molar-refractivity contribution < 1.29 is 4.74 Å². The van der Waals surface area contributed by atoms with Crippen molar-refractivity contribution in [2.24, 2.45) is 0 Å². The van der Waals surface area contributed by atoms with E-state index in [9.17, 15) is 0 Å². The van der Waals surface area contributed by atoms with Gasteiger partial charge in [0.2, 0.25) is 0 Å². The van der Waals surface area contributed by atoms with Gasteiger partial charge >= 0.3 is 0 Å². The van der Waals surface area contributed by atoms with E-state index in [0.717, 1.165) is 38.3 Å². The highest BCUT2D eigenvalue weighted by atomic mass is 16.5. The highest BCUT2D eigenvalue weighted by Crippen LogP contribution is 2.17. The summed E-state index contributed by atoms with van der Waals surface area (Å²) in [5.41, 5.74) is 1.29. The zero-order valence-electron chi connectivity index (χ0n) is 13.0. The van der Waals surface area contributed by atoms with Gasteiger partial charge in [0.05, 0.1) is 6.61 Å². The van der Waals surface area contributed by atoms with Gasteiger partial charge in [-0.25, -0.2) is 0 Å². The van der Waals surface area contributed by atoms with Crippen LogP contribution in [0.15, 0.2) is 42.7 Å². The van der Waals surface area contributed by atoms with E-state index in [0.29, 0.717) is 6.04 Å². The number of hydrogen-bond donors (Lipinski definition) is 1. The normalized spacial score (nSPS) is 12.3. The largest absolute Gasteiger partial charge is 0.494 e. The van der Waals surface area contributed by atoms with Gasteiger partial charge in [-0.2, -0.15) is 5.10 Å². The van der Waals surface area contributed by atoms with Crippen LogP contribution >= 0.6 is 0 Å². The first kappa shape index (κ1) is 15.6. The summed E-state index contributed by atoms with van der Waals surface area (Å²) in [6.45, 7) is 7.02. The molecular formula is C17H25N3O. The SMILES string of the molecule is CCCOc1ccc(C(C)NCCCn2cccn2)cc1. The fourth-order valence-corrected chi connectivity index (χ4v) is 2.18. The third-order valence-corrected chi connectivity index (χ3v) is 3.43. The second-order valence-electron chi connectivity index (χ2n) is 5.22. The van der Waals surface area contributed by atoms with Crippen LogP contribution in [0.5, 0.6) is 5.75 Å². The van der Waals surface area contributed by atoms with Crippen LogP contribution in [0.3, 0.4) is 0 Å². The molecule has 21 heavy (non-hydrogen) atoms. The van der Waals surface area contributed by atoms with E-state index in [1.54, 1.807) is 0 Å². The minimum Gasteiger partial charge on any atom is -0.494 e. The molecule has 0 fully saturated rings. The summed E-state index contributed by atoms with van der Waals surface area (Å²) in [5.74, 6) is 0.950. The Balaban J connectivity index is 1.71. The molecule has 0 saturated carbocycles. The maximum Gasteiger partial charge on any atom is 0.119 e. The summed E-state index contributed by atoms with van der Waals surface area (Å²) in [7, 11) is 0. The quantitative estimate of drug-likeness (QED) is 0.718. The molecule has 0 aliphatic carbocycles. The molecule has 2 rings (SSSR count). The van der Waals surface area contributed by atoms with Gasteiger partial charge in [0.1, 0.15) is 5.75 Å². The molecule has 0 radical (unpaired) electrons. The lowest BCUT2D eigenvalue weighted by molar-refractivity contribution is 0.317. The van der Waals surface area contributed by atoms with E-state index >= 15 is 0 Å². The minimum absolute atomic E-state index is 0.350. The molecule has 1 aromatic heterocycles. The Morgan fingerprint density at radius 2 is 2.10 bits per heavy atom. The number of benzene rings is 1. The Hall–Kier alpha value is -1.81. The number of aryl methyl sites for hydroxylation is 1. The third kappa shape index (κ3) is 5.23. The average molecular weight is 287 g/mol. The summed E-state index contributed by atoms with van der Waals surface area (Å²) >= 11 is 0. The number of hydrogen-bond acceptors (Lipinski definition) is 3. The van der Waals surface area contributed by atoms with Crippen molar-refractivity contribution in [3.8, 4) is 5.75 Å². The van der Waals surface area contributed by atoms with E-state index in [1.807, 2.05) is 35.3 Å². The van der Waals surface area contributed by atoms with Gasteiger partial charge in [-0.05, 0) is 50.1 Å². The number of nitrogens with one attached hydrogen (secondary N) is 1. The first-order valence-corrected chi connectivity index (χ1v) is 7.73. The molecule has 0 spiro atoms. The van der Waals surface area contributed by atoms with Crippen LogP contribution < -0.4 is 10.1 Å². The van der Waals surface area contributed by atoms with Gasteiger partial charge in [0, 0.05) is 25.0 Å². The highest BCUT2D eigenvalue weighted by Gasteiger charge is 2.04. The molecule has 1 aromatic carbocycles. The molecule has 0 amide bonds. The molecule has 1 heterocycles. The van der Waals surface area contributed by atoms with E-state index in [4.69, 9.17) is 4.74 Å². The van der Waals surface area contributed by atoms with E-state index in [1.165, 1.54) is 5.56 Å². The highest BCUT2D eigenvalue weighted by molar-refractivity contribution is 5.28. The van der Waals surface area contributed by atoms with Crippen molar-refractivity contribution in [3.63, 3.8) is 0 Å². The van der Waals surface area contributed by atoms with Gasteiger partial charge in [-0.1, -0.05) is 19.1 Å². The van der Waals surface area contributed by atoms with E-state index < -0.39 is 0 Å². The van der Waals surface area contributed by atoms with Crippen molar-refractivity contribution in [3.05, 3.63) is 48.3 Å². The maximum atomic E-state index is 5.60. The van der Waals surface area contributed by atoms with Crippen LogP contribution in [0, 0.1) is 0 Å². The molecule has 1 atom stereocenters. The van der Waals surface area contributed by atoms with Gasteiger partial charge in [-0.15, -0.1) is 0 Å². The van der Waals surface area contributed by atoms with Crippen LogP contribution in [0.25, 0.3) is 0 Å². The van der Waals surface area contributed by atoms with Crippen LogP contribution in [0.1, 0.15) is 38.3 Å². The maximum absolute atomic E-state index is 5.60. The van der Waals surface area contributed by atoms with Gasteiger partial charge < -0.3 is 10.1 Å². The molecule has 114 valence electrons. The predicted molar refractivity (Wildman–Crippen MR) is 85.5 cm³/mol. The third-order valence-electron chi connectivity index (χ3n) is 3.43. The second-order valence-corrected chi connectivity index (χ2v) is 5.22. The van der Waals surface area contributed by atoms with Crippen molar-refractivity contribution in [1.82, 2.24) is 15.1 Å². The summed E-state index contributed by atoms with van der Waals surface area (Å²) in [6, 6.07) is 10.7. The molecule has 4 nitrogen and oxygen atoms in total. The number of ether oxygens (including phenoxy) is 1. The summed E-state index contributed by atoms with van der Waals surface area (Å²) in [5, 5.41) is 7.74. The lowest BCUT2D eigenvalue weighted by atomic mass is 10.1. The van der Waals surface area contributed by atoms with E-state index in [2.05, 4.69) is 36.4 Å². The summed E-state index contributed by atoms with van der Waals surface area (Å²) in [4.78, 5) is 0. The Labute approximate surface area is 127 Å². The topological polar surface area (TPSA) is 39.1 Å². The molecular weight excluding hydrogens is 262 g/mol. The summed E-state index contributed by atoms with van der Waals surface area (Å²) < 4.78 is 7.56. The van der Waals surface area contributed by atoms with Crippen molar-refractivity contribution in [2.45, 2.75) is 39.3 Å². The average Bonchev–Trinajstić information content (AvgIpc) is 3.03. The lowest BCUT2D eigenvalue weighted by Crippen LogP contribution is -2.21. The summed E-state index contributed by atoms with van der Waals surface area (Å²) in [6.07, 6.45) is 5.93. The fourth-order valence-electron chi connectivity index (χ4n) is 2.18. The molecule has 0 aliphatic rings. The van der Waals surface area contributed by atoms with Crippen molar-refractivity contribution in [1.29, 1.82) is 0 Å².